The quantitative estimate of drug-likeness (QED) is 0.267. The fourth-order valence-corrected chi connectivity index (χ4v) is 5.19. The fourth-order valence-electron chi connectivity index (χ4n) is 5.19. The molecule has 11 nitrogen and oxygen atoms in total. The van der Waals surface area contributed by atoms with Gasteiger partial charge in [0.25, 0.3) is 11.5 Å². The zero-order chi connectivity index (χ0) is 29.9. The summed E-state index contributed by atoms with van der Waals surface area (Å²) in [5, 5.41) is 13.6. The van der Waals surface area contributed by atoms with E-state index in [1.165, 1.54) is 10.7 Å². The van der Waals surface area contributed by atoms with Crippen LogP contribution in [0.2, 0.25) is 0 Å². The van der Waals surface area contributed by atoms with E-state index in [0.717, 1.165) is 0 Å². The first-order valence-electron chi connectivity index (χ1n) is 13.8. The number of carbonyl (C=O) groups excluding carboxylic acids is 3. The van der Waals surface area contributed by atoms with Crippen molar-refractivity contribution in [2.75, 3.05) is 6.54 Å². The highest BCUT2D eigenvalue weighted by molar-refractivity contribution is 6.00. The van der Waals surface area contributed by atoms with Crippen molar-refractivity contribution in [2.24, 2.45) is 0 Å². The van der Waals surface area contributed by atoms with Gasteiger partial charge in [0.15, 0.2) is 5.65 Å². The minimum atomic E-state index is -0.565. The van der Waals surface area contributed by atoms with Crippen molar-refractivity contribution >= 4 is 34.1 Å². The Bertz CT molecular complexity index is 2000. The topological polar surface area (TPSA) is 139 Å². The number of hydrogen-bond donors (Lipinski definition) is 3. The maximum atomic E-state index is 14.2. The molecule has 214 valence electrons. The number of hydrogen-bond acceptors (Lipinski definition) is 6. The van der Waals surface area contributed by atoms with Crippen LogP contribution in [0.4, 0.5) is 0 Å². The Labute approximate surface area is 245 Å². The Morgan fingerprint density at radius 2 is 1.95 bits per heavy atom. The van der Waals surface area contributed by atoms with Crippen LogP contribution < -0.4 is 21.5 Å². The molecule has 3 aromatic heterocycles. The second-order valence-corrected chi connectivity index (χ2v) is 10.1. The molecule has 43 heavy (non-hydrogen) atoms. The number of amides is 3. The molecule has 1 saturated heterocycles. The lowest BCUT2D eigenvalue weighted by Crippen LogP contribution is -2.41. The highest BCUT2D eigenvalue weighted by Crippen LogP contribution is 2.23. The van der Waals surface area contributed by atoms with Gasteiger partial charge in [-0.25, -0.2) is 9.50 Å². The lowest BCUT2D eigenvalue weighted by Gasteiger charge is -2.21. The van der Waals surface area contributed by atoms with E-state index in [1.807, 2.05) is 55.5 Å². The number of fused-ring (bicyclic) bond motifs is 2. The summed E-state index contributed by atoms with van der Waals surface area (Å²) >= 11 is 0. The first-order chi connectivity index (χ1) is 20.9. The number of aromatic nitrogens is 4. The van der Waals surface area contributed by atoms with E-state index in [4.69, 9.17) is 0 Å². The van der Waals surface area contributed by atoms with E-state index in [-0.39, 0.29) is 29.8 Å². The zero-order valence-electron chi connectivity index (χ0n) is 23.2. The molecule has 1 aliphatic heterocycles. The Hall–Kier alpha value is -5.76. The second kappa shape index (κ2) is 11.6. The van der Waals surface area contributed by atoms with Crippen LogP contribution in [0.25, 0.3) is 22.1 Å². The molecule has 11 heteroatoms. The molecule has 1 fully saturated rings. The predicted octanol–water partition coefficient (Wildman–Crippen LogP) is 2.27. The minimum Gasteiger partial charge on any atom is -0.344 e. The van der Waals surface area contributed by atoms with Gasteiger partial charge in [0.1, 0.15) is 11.6 Å². The summed E-state index contributed by atoms with van der Waals surface area (Å²) in [6, 6.07) is 17.1. The van der Waals surface area contributed by atoms with Crippen LogP contribution in [0, 0.1) is 11.8 Å². The highest BCUT2D eigenvalue weighted by Gasteiger charge is 2.26. The average Bonchev–Trinajstić information content (AvgIpc) is 3.66. The van der Waals surface area contributed by atoms with Crippen LogP contribution in [-0.2, 0) is 9.59 Å². The molecule has 0 saturated carbocycles. The molecule has 6 rings (SSSR count). The molecule has 2 aromatic carbocycles. The SMILES string of the molecule is CC(NC(=O)c1cnn2cccnc12)c1cc2cccc(C#CCNC(=O)C3CCC(=O)N3)c2c(=O)n1-c1ccccc1. The number of pyridine rings is 1. The lowest BCUT2D eigenvalue weighted by atomic mass is 10.0. The van der Waals surface area contributed by atoms with Crippen LogP contribution >= 0.6 is 0 Å². The molecule has 5 aromatic rings. The summed E-state index contributed by atoms with van der Waals surface area (Å²) in [6.07, 6.45) is 5.55. The molecule has 3 N–H and O–H groups in total. The van der Waals surface area contributed by atoms with E-state index in [0.29, 0.717) is 51.8 Å². The average molecular weight is 574 g/mol. The Balaban J connectivity index is 1.34. The molecule has 0 aliphatic carbocycles. The molecule has 0 radical (unpaired) electrons. The third-order valence-corrected chi connectivity index (χ3v) is 7.29. The largest absolute Gasteiger partial charge is 0.344 e. The van der Waals surface area contributed by atoms with Gasteiger partial charge in [-0.2, -0.15) is 5.10 Å². The highest BCUT2D eigenvalue weighted by atomic mass is 16.2. The molecule has 0 bridgehead atoms. The molecule has 1 aliphatic rings. The number of para-hydroxylation sites is 1. The van der Waals surface area contributed by atoms with Crippen molar-refractivity contribution in [2.45, 2.75) is 31.8 Å². The van der Waals surface area contributed by atoms with Crippen LogP contribution in [0.1, 0.15) is 47.4 Å². The van der Waals surface area contributed by atoms with Gasteiger partial charge >= 0.3 is 0 Å². The lowest BCUT2D eigenvalue weighted by molar-refractivity contribution is -0.125. The van der Waals surface area contributed by atoms with Crippen molar-refractivity contribution in [1.29, 1.82) is 0 Å². The van der Waals surface area contributed by atoms with Crippen molar-refractivity contribution in [3.8, 4) is 17.5 Å². The van der Waals surface area contributed by atoms with Crippen LogP contribution in [-0.4, -0.2) is 49.5 Å². The molecule has 4 heterocycles. The predicted molar refractivity (Wildman–Crippen MR) is 159 cm³/mol. The van der Waals surface area contributed by atoms with E-state index in [1.54, 1.807) is 29.1 Å². The number of carbonyl (C=O) groups is 3. The Morgan fingerprint density at radius 3 is 2.74 bits per heavy atom. The van der Waals surface area contributed by atoms with Gasteiger partial charge in [0, 0.05) is 35.8 Å². The van der Waals surface area contributed by atoms with Crippen LogP contribution in [0.3, 0.4) is 0 Å². The maximum Gasteiger partial charge on any atom is 0.264 e. The van der Waals surface area contributed by atoms with E-state index in [2.05, 4.69) is 37.9 Å². The van der Waals surface area contributed by atoms with Gasteiger partial charge in [-0.3, -0.25) is 23.7 Å². The van der Waals surface area contributed by atoms with Gasteiger partial charge in [0.05, 0.1) is 24.2 Å². The van der Waals surface area contributed by atoms with E-state index >= 15 is 0 Å². The number of benzene rings is 2. The first kappa shape index (κ1) is 27.4. The molecular formula is C32H27N7O4. The van der Waals surface area contributed by atoms with Gasteiger partial charge in [-0.1, -0.05) is 42.2 Å². The summed E-state index contributed by atoms with van der Waals surface area (Å²) in [7, 11) is 0. The standard InChI is InChI=1S/C32H27N7O4/c1-20(36-30(41)24-19-35-38-17-7-16-33-29(24)38)26-18-22-9-5-8-21(10-6-15-34-31(42)25-13-14-27(40)37-25)28(22)32(43)39(26)23-11-3-2-4-12-23/h2-5,7-9,11-12,16-20,25H,13-15H2,1H3,(H,34,42)(H,36,41)(H,37,40). The number of nitrogens with one attached hydrogen (secondary N) is 3. The number of nitrogens with zero attached hydrogens (tertiary/aromatic N) is 4. The van der Waals surface area contributed by atoms with Gasteiger partial charge in [-0.05, 0) is 49.1 Å². The number of rotatable bonds is 6. The minimum absolute atomic E-state index is 0.0635. The first-order valence-corrected chi connectivity index (χ1v) is 13.8. The van der Waals surface area contributed by atoms with Gasteiger partial charge in [0.2, 0.25) is 11.8 Å². The smallest absolute Gasteiger partial charge is 0.264 e. The normalized spacial score (nSPS) is 15.0. The summed E-state index contributed by atoms with van der Waals surface area (Å²) in [6.45, 7) is 1.88. The molecule has 2 atom stereocenters. The molecule has 0 spiro atoms. The van der Waals surface area contributed by atoms with Crippen molar-refractivity contribution in [3.05, 3.63) is 106 Å². The monoisotopic (exact) mass is 573 g/mol. The Morgan fingerprint density at radius 1 is 1.12 bits per heavy atom. The summed E-state index contributed by atoms with van der Waals surface area (Å²) in [5.41, 5.74) is 2.19. The summed E-state index contributed by atoms with van der Waals surface area (Å²) in [4.78, 5) is 55.4. The fraction of sp³-hybridized carbons (Fsp3) is 0.188. The Kier molecular flexibility index (Phi) is 7.41. The van der Waals surface area contributed by atoms with Crippen molar-refractivity contribution in [3.63, 3.8) is 0 Å². The molecule has 2 unspecified atom stereocenters. The summed E-state index contributed by atoms with van der Waals surface area (Å²) < 4.78 is 3.10. The molecular weight excluding hydrogens is 546 g/mol. The third kappa shape index (κ3) is 5.46. The van der Waals surface area contributed by atoms with E-state index < -0.39 is 12.1 Å². The summed E-state index contributed by atoms with van der Waals surface area (Å²) in [5.74, 6) is 5.16. The molecule has 3 amide bonds. The van der Waals surface area contributed by atoms with Crippen LogP contribution in [0.15, 0.2) is 84.0 Å². The van der Waals surface area contributed by atoms with Crippen molar-refractivity contribution in [1.82, 2.24) is 35.1 Å². The van der Waals surface area contributed by atoms with Crippen LogP contribution in [0.5, 0.6) is 0 Å². The maximum absolute atomic E-state index is 14.2. The van der Waals surface area contributed by atoms with Crippen molar-refractivity contribution < 1.29 is 14.4 Å². The third-order valence-electron chi connectivity index (χ3n) is 7.29. The second-order valence-electron chi connectivity index (χ2n) is 10.1. The van der Waals surface area contributed by atoms with Gasteiger partial charge < -0.3 is 16.0 Å². The van der Waals surface area contributed by atoms with E-state index in [9.17, 15) is 19.2 Å². The van der Waals surface area contributed by atoms with Gasteiger partial charge in [-0.15, -0.1) is 0 Å². The zero-order valence-corrected chi connectivity index (χ0v) is 23.2.